The molecule has 0 saturated carbocycles. The van der Waals surface area contributed by atoms with Crippen molar-refractivity contribution in [1.29, 1.82) is 0 Å². The van der Waals surface area contributed by atoms with Crippen molar-refractivity contribution in [1.82, 2.24) is 0 Å². The highest BCUT2D eigenvalue weighted by Gasteiger charge is 2.03. The van der Waals surface area contributed by atoms with Crippen LogP contribution in [0.1, 0.15) is 24.1 Å². The third kappa shape index (κ3) is 4.04. The molecule has 0 heterocycles. The van der Waals surface area contributed by atoms with Gasteiger partial charge in [-0.15, -0.1) is 11.8 Å². The molecule has 2 aromatic carbocycles. The molecule has 1 atom stereocenters. The van der Waals surface area contributed by atoms with Crippen LogP contribution in [0.4, 0.5) is 8.78 Å². The third-order valence-electron chi connectivity index (χ3n) is 2.73. The molecule has 0 saturated heterocycles. The Labute approximate surface area is 115 Å². The van der Waals surface area contributed by atoms with Crippen molar-refractivity contribution in [3.05, 3.63) is 65.2 Å². The van der Waals surface area contributed by atoms with Crippen molar-refractivity contribution >= 4 is 11.8 Å². The van der Waals surface area contributed by atoms with Crippen LogP contribution in [0.15, 0.2) is 47.4 Å². The van der Waals surface area contributed by atoms with Crippen molar-refractivity contribution < 1.29 is 8.78 Å². The molecule has 0 aliphatic heterocycles. The fraction of sp³-hybridized carbons (Fsp3) is 0.200. The topological polar surface area (TPSA) is 26.0 Å². The maximum atomic E-state index is 13.0. The van der Waals surface area contributed by atoms with Gasteiger partial charge in [-0.3, -0.25) is 0 Å². The van der Waals surface area contributed by atoms with Gasteiger partial charge in [-0.1, -0.05) is 12.1 Å². The van der Waals surface area contributed by atoms with Crippen LogP contribution in [0.25, 0.3) is 0 Å². The average Bonchev–Trinajstić information content (AvgIpc) is 2.36. The van der Waals surface area contributed by atoms with E-state index in [1.807, 2.05) is 31.2 Å². The number of thioether (sulfide) groups is 1. The first-order valence-electron chi connectivity index (χ1n) is 5.98. The van der Waals surface area contributed by atoms with E-state index < -0.39 is 11.6 Å². The highest BCUT2D eigenvalue weighted by molar-refractivity contribution is 7.98. The Morgan fingerprint density at radius 3 is 2.16 bits per heavy atom. The Hall–Kier alpha value is -1.39. The maximum Gasteiger partial charge on any atom is 0.126 e. The van der Waals surface area contributed by atoms with Crippen LogP contribution in [-0.4, -0.2) is 0 Å². The molecule has 0 spiro atoms. The summed E-state index contributed by atoms with van der Waals surface area (Å²) in [6, 6.07) is 11.5. The second-order valence-corrected chi connectivity index (χ2v) is 5.47. The Morgan fingerprint density at radius 2 is 1.63 bits per heavy atom. The molecule has 0 amide bonds. The van der Waals surface area contributed by atoms with Crippen molar-refractivity contribution in [2.45, 2.75) is 23.6 Å². The minimum absolute atomic E-state index is 0.0105. The van der Waals surface area contributed by atoms with Crippen LogP contribution >= 0.6 is 11.8 Å². The van der Waals surface area contributed by atoms with Crippen LogP contribution < -0.4 is 5.73 Å². The maximum absolute atomic E-state index is 13.0. The molecule has 1 unspecified atom stereocenters. The quantitative estimate of drug-likeness (QED) is 0.845. The van der Waals surface area contributed by atoms with Crippen LogP contribution in [0, 0.1) is 11.6 Å². The number of rotatable bonds is 4. The molecule has 0 aromatic heterocycles. The number of halogens is 2. The summed E-state index contributed by atoms with van der Waals surface area (Å²) in [5, 5.41) is 0. The zero-order valence-electron chi connectivity index (χ0n) is 10.6. The third-order valence-corrected chi connectivity index (χ3v) is 3.82. The van der Waals surface area contributed by atoms with Gasteiger partial charge in [0.15, 0.2) is 0 Å². The molecule has 2 N–H and O–H groups in total. The van der Waals surface area contributed by atoms with E-state index in [1.54, 1.807) is 0 Å². The summed E-state index contributed by atoms with van der Waals surface area (Å²) in [6.07, 6.45) is 0. The lowest BCUT2D eigenvalue weighted by Gasteiger charge is -2.07. The Kier molecular flexibility index (Phi) is 4.56. The Bertz CT molecular complexity index is 532. The summed E-state index contributed by atoms with van der Waals surface area (Å²) in [5.74, 6) is -0.544. The van der Waals surface area contributed by atoms with E-state index in [0.29, 0.717) is 11.3 Å². The number of hydrogen-bond acceptors (Lipinski definition) is 2. The van der Waals surface area contributed by atoms with Gasteiger partial charge in [0.05, 0.1) is 0 Å². The predicted molar refractivity (Wildman–Crippen MR) is 75.0 cm³/mol. The number of nitrogens with two attached hydrogens (primary N) is 1. The average molecular weight is 279 g/mol. The van der Waals surface area contributed by atoms with E-state index in [9.17, 15) is 8.78 Å². The fourth-order valence-electron chi connectivity index (χ4n) is 1.73. The fourth-order valence-corrected chi connectivity index (χ4v) is 2.56. The zero-order chi connectivity index (χ0) is 13.8. The van der Waals surface area contributed by atoms with Gasteiger partial charge in [-0.25, -0.2) is 8.78 Å². The first-order chi connectivity index (χ1) is 9.04. The summed E-state index contributed by atoms with van der Waals surface area (Å²) in [6.45, 7) is 1.93. The first kappa shape index (κ1) is 14.0. The van der Waals surface area contributed by atoms with Crippen LogP contribution in [0.3, 0.4) is 0 Å². The van der Waals surface area contributed by atoms with E-state index >= 15 is 0 Å². The van der Waals surface area contributed by atoms with Gasteiger partial charge in [0.25, 0.3) is 0 Å². The molecule has 2 rings (SSSR count). The van der Waals surface area contributed by atoms with Gasteiger partial charge in [0.2, 0.25) is 0 Å². The minimum Gasteiger partial charge on any atom is -0.324 e. The molecule has 0 radical (unpaired) electrons. The molecule has 100 valence electrons. The Morgan fingerprint density at radius 1 is 1.05 bits per heavy atom. The summed E-state index contributed by atoms with van der Waals surface area (Å²) in [7, 11) is 0. The number of hydrogen-bond donors (Lipinski definition) is 1. The second kappa shape index (κ2) is 6.17. The zero-order valence-corrected chi connectivity index (χ0v) is 11.4. The van der Waals surface area contributed by atoms with Gasteiger partial charge in [-0.05, 0) is 42.3 Å². The van der Waals surface area contributed by atoms with Crippen LogP contribution in [0.2, 0.25) is 0 Å². The monoisotopic (exact) mass is 279 g/mol. The highest BCUT2D eigenvalue weighted by atomic mass is 32.2. The van der Waals surface area contributed by atoms with Crippen molar-refractivity contribution in [2.75, 3.05) is 0 Å². The molecule has 4 heteroatoms. The Balaban J connectivity index is 2.02. The van der Waals surface area contributed by atoms with Crippen LogP contribution in [0.5, 0.6) is 0 Å². The normalized spacial score (nSPS) is 12.4. The van der Waals surface area contributed by atoms with E-state index in [0.717, 1.165) is 16.5 Å². The van der Waals surface area contributed by atoms with Gasteiger partial charge in [0.1, 0.15) is 11.6 Å². The largest absolute Gasteiger partial charge is 0.324 e. The molecular formula is C15H15F2NS. The molecule has 0 aliphatic rings. The lowest BCUT2D eigenvalue weighted by Crippen LogP contribution is -2.04. The van der Waals surface area contributed by atoms with E-state index in [-0.39, 0.29) is 6.04 Å². The van der Waals surface area contributed by atoms with Gasteiger partial charge < -0.3 is 5.73 Å². The molecule has 0 bridgehead atoms. The van der Waals surface area contributed by atoms with Crippen LogP contribution in [-0.2, 0) is 5.75 Å². The molecule has 2 aromatic rings. The molecule has 0 aliphatic carbocycles. The number of benzene rings is 2. The summed E-state index contributed by atoms with van der Waals surface area (Å²) in [5.41, 5.74) is 7.48. The van der Waals surface area contributed by atoms with Crippen molar-refractivity contribution in [3.8, 4) is 0 Å². The van der Waals surface area contributed by atoms with Gasteiger partial charge in [-0.2, -0.15) is 0 Å². The minimum atomic E-state index is -0.539. The molecular weight excluding hydrogens is 264 g/mol. The molecule has 1 nitrogen and oxygen atoms in total. The smallest absolute Gasteiger partial charge is 0.126 e. The summed E-state index contributed by atoms with van der Waals surface area (Å²) >= 11 is 1.54. The highest BCUT2D eigenvalue weighted by Crippen LogP contribution is 2.24. The van der Waals surface area contributed by atoms with Crippen molar-refractivity contribution in [2.24, 2.45) is 5.73 Å². The van der Waals surface area contributed by atoms with E-state index in [2.05, 4.69) is 0 Å². The molecule has 19 heavy (non-hydrogen) atoms. The summed E-state index contributed by atoms with van der Waals surface area (Å²) in [4.78, 5) is 1.05. The van der Waals surface area contributed by atoms with Crippen molar-refractivity contribution in [3.63, 3.8) is 0 Å². The van der Waals surface area contributed by atoms with Gasteiger partial charge in [0, 0.05) is 22.8 Å². The second-order valence-electron chi connectivity index (χ2n) is 4.42. The van der Waals surface area contributed by atoms with Gasteiger partial charge >= 0.3 is 0 Å². The standard InChI is InChI=1S/C15H15F2NS/c1-10(18)12-2-4-15(5-3-12)19-9-11-6-13(16)8-14(17)7-11/h2-8,10H,9,18H2,1H3. The lowest BCUT2D eigenvalue weighted by molar-refractivity contribution is 0.581. The first-order valence-corrected chi connectivity index (χ1v) is 6.96. The SMILES string of the molecule is CC(N)c1ccc(SCc2cc(F)cc(F)c2)cc1. The van der Waals surface area contributed by atoms with E-state index in [4.69, 9.17) is 5.73 Å². The molecule has 0 fully saturated rings. The predicted octanol–water partition coefficient (Wildman–Crippen LogP) is 4.28. The summed E-state index contributed by atoms with van der Waals surface area (Å²) < 4.78 is 26.1. The van der Waals surface area contributed by atoms with E-state index in [1.165, 1.54) is 23.9 Å². The lowest BCUT2D eigenvalue weighted by atomic mass is 10.1.